The number of ether oxygens (including phenoxy) is 1. The number of methoxy groups -OCH3 is 1. The lowest BCUT2D eigenvalue weighted by atomic mass is 9.81. The van der Waals surface area contributed by atoms with E-state index in [0.29, 0.717) is 35.8 Å². The summed E-state index contributed by atoms with van der Waals surface area (Å²) in [6, 6.07) is 8.62. The van der Waals surface area contributed by atoms with Gasteiger partial charge in [0, 0.05) is 28.5 Å². The number of ketones is 1. The minimum absolute atomic E-state index is 0.0359. The average molecular weight is 410 g/mol. The van der Waals surface area contributed by atoms with E-state index in [1.807, 2.05) is 11.4 Å². The van der Waals surface area contributed by atoms with E-state index in [2.05, 4.69) is 27.0 Å². The lowest BCUT2D eigenvalue weighted by Gasteiger charge is -2.29. The molecule has 3 N–H and O–H groups in total. The van der Waals surface area contributed by atoms with Crippen molar-refractivity contribution < 1.29 is 19.3 Å². The number of rotatable bonds is 3. The zero-order chi connectivity index (χ0) is 20.0. The van der Waals surface area contributed by atoms with Crippen LogP contribution in [0.5, 0.6) is 11.5 Å². The second-order valence-corrected chi connectivity index (χ2v) is 8.01. The summed E-state index contributed by atoms with van der Waals surface area (Å²) in [5, 5.41) is 26.4. The normalized spacial score (nSPS) is 20.9. The van der Waals surface area contributed by atoms with E-state index in [4.69, 9.17) is 9.37 Å². The van der Waals surface area contributed by atoms with Crippen molar-refractivity contribution in [3.8, 4) is 11.5 Å². The molecule has 29 heavy (non-hydrogen) atoms. The Hall–Kier alpha value is -3.33. The smallest absolute Gasteiger partial charge is 0.219 e. The van der Waals surface area contributed by atoms with Gasteiger partial charge in [-0.2, -0.15) is 0 Å². The van der Waals surface area contributed by atoms with Crippen LogP contribution in [-0.4, -0.2) is 28.3 Å². The molecule has 0 spiro atoms. The molecule has 0 amide bonds. The Kier molecular flexibility index (Phi) is 4.24. The molecule has 0 saturated carbocycles. The van der Waals surface area contributed by atoms with Crippen LogP contribution in [0.25, 0.3) is 0 Å². The van der Waals surface area contributed by atoms with Crippen molar-refractivity contribution >= 4 is 28.8 Å². The van der Waals surface area contributed by atoms with Crippen LogP contribution < -0.4 is 15.4 Å². The number of phenolic OH excluding ortho intramolecular Hbond substituents is 1. The van der Waals surface area contributed by atoms with Gasteiger partial charge < -0.3 is 20.5 Å². The van der Waals surface area contributed by atoms with E-state index in [-0.39, 0.29) is 17.5 Å². The zero-order valence-corrected chi connectivity index (χ0v) is 16.3. The Morgan fingerprint density at radius 3 is 2.90 bits per heavy atom. The SMILES string of the molecule is COc1cc([C@H]2Nc3nonc3NC3=C2C(=O)C[C@H](c2cccs2)C3)ccc1O. The van der Waals surface area contributed by atoms with Crippen LogP contribution in [0.15, 0.2) is 51.6 Å². The summed E-state index contributed by atoms with van der Waals surface area (Å²) in [6.07, 6.45) is 1.12. The number of hydrogen-bond donors (Lipinski definition) is 3. The van der Waals surface area contributed by atoms with Crippen molar-refractivity contribution in [2.24, 2.45) is 0 Å². The molecule has 3 aromatic rings. The summed E-state index contributed by atoms with van der Waals surface area (Å²) in [5.41, 5.74) is 2.22. The van der Waals surface area contributed by atoms with Crippen molar-refractivity contribution in [1.29, 1.82) is 0 Å². The van der Waals surface area contributed by atoms with E-state index in [1.54, 1.807) is 29.5 Å². The molecular weight excluding hydrogens is 392 g/mol. The van der Waals surface area contributed by atoms with Gasteiger partial charge in [-0.15, -0.1) is 11.3 Å². The maximum Gasteiger partial charge on any atom is 0.219 e. The molecule has 2 aromatic heterocycles. The van der Waals surface area contributed by atoms with Gasteiger partial charge in [0.15, 0.2) is 17.3 Å². The molecule has 5 rings (SSSR count). The molecular formula is C20H18N4O4S. The number of benzene rings is 1. The van der Waals surface area contributed by atoms with Gasteiger partial charge in [-0.25, -0.2) is 4.63 Å². The van der Waals surface area contributed by atoms with Gasteiger partial charge in [-0.05, 0) is 45.9 Å². The van der Waals surface area contributed by atoms with Gasteiger partial charge in [-0.3, -0.25) is 4.79 Å². The molecule has 0 bridgehead atoms. The predicted molar refractivity (Wildman–Crippen MR) is 107 cm³/mol. The van der Waals surface area contributed by atoms with Crippen molar-refractivity contribution in [2.75, 3.05) is 17.7 Å². The third-order valence-corrected chi connectivity index (χ3v) is 6.35. The first-order valence-electron chi connectivity index (χ1n) is 9.16. The molecule has 9 heteroatoms. The maximum atomic E-state index is 13.3. The predicted octanol–water partition coefficient (Wildman–Crippen LogP) is 3.82. The minimum atomic E-state index is -0.475. The number of fused-ring (bicyclic) bond motifs is 1. The zero-order valence-electron chi connectivity index (χ0n) is 15.5. The van der Waals surface area contributed by atoms with Crippen LogP contribution in [0.1, 0.15) is 35.2 Å². The number of anilines is 2. The quantitative estimate of drug-likeness (QED) is 0.598. The first-order valence-corrected chi connectivity index (χ1v) is 10.0. The molecule has 0 unspecified atom stereocenters. The monoisotopic (exact) mass is 410 g/mol. The van der Waals surface area contributed by atoms with Crippen LogP contribution in [0, 0.1) is 0 Å². The molecule has 2 aliphatic rings. The van der Waals surface area contributed by atoms with E-state index >= 15 is 0 Å². The Balaban J connectivity index is 1.62. The van der Waals surface area contributed by atoms with E-state index in [0.717, 1.165) is 11.3 Å². The Labute approximate surface area is 170 Å². The number of nitrogens with one attached hydrogen (secondary N) is 2. The molecule has 1 aliphatic carbocycles. The van der Waals surface area contributed by atoms with Crippen molar-refractivity contribution in [1.82, 2.24) is 10.3 Å². The summed E-state index contributed by atoms with van der Waals surface area (Å²) < 4.78 is 10.1. The summed E-state index contributed by atoms with van der Waals surface area (Å²) >= 11 is 1.66. The lowest BCUT2D eigenvalue weighted by Crippen LogP contribution is -2.26. The van der Waals surface area contributed by atoms with Gasteiger partial charge in [-0.1, -0.05) is 12.1 Å². The maximum absolute atomic E-state index is 13.3. The molecule has 0 fully saturated rings. The van der Waals surface area contributed by atoms with Crippen LogP contribution in [0.3, 0.4) is 0 Å². The fourth-order valence-corrected chi connectivity index (χ4v) is 4.78. The second kappa shape index (κ2) is 6.93. The van der Waals surface area contributed by atoms with Crippen LogP contribution in [-0.2, 0) is 4.79 Å². The van der Waals surface area contributed by atoms with Crippen LogP contribution in [0.2, 0.25) is 0 Å². The van der Waals surface area contributed by atoms with E-state index in [9.17, 15) is 9.90 Å². The first kappa shape index (κ1) is 17.7. The summed E-state index contributed by atoms with van der Waals surface area (Å²) in [6.45, 7) is 0. The first-order chi connectivity index (χ1) is 14.1. The Bertz CT molecular complexity index is 1110. The van der Waals surface area contributed by atoms with E-state index in [1.165, 1.54) is 12.0 Å². The highest BCUT2D eigenvalue weighted by Gasteiger charge is 2.37. The van der Waals surface area contributed by atoms with Gasteiger partial charge in [0.05, 0.1) is 13.2 Å². The van der Waals surface area contributed by atoms with Crippen molar-refractivity contribution in [3.05, 3.63) is 57.4 Å². The third kappa shape index (κ3) is 3.03. The summed E-state index contributed by atoms with van der Waals surface area (Å²) in [7, 11) is 1.49. The number of carbonyl (C=O) groups excluding carboxylic acids is 1. The second-order valence-electron chi connectivity index (χ2n) is 7.03. The minimum Gasteiger partial charge on any atom is -0.504 e. The summed E-state index contributed by atoms with van der Waals surface area (Å²) in [4.78, 5) is 14.5. The highest BCUT2D eigenvalue weighted by molar-refractivity contribution is 7.10. The van der Waals surface area contributed by atoms with E-state index < -0.39 is 6.04 Å². The van der Waals surface area contributed by atoms with Crippen molar-refractivity contribution in [3.63, 3.8) is 0 Å². The highest BCUT2D eigenvalue weighted by Crippen LogP contribution is 2.45. The molecule has 0 radical (unpaired) electrons. The van der Waals surface area contributed by atoms with Gasteiger partial charge >= 0.3 is 0 Å². The standard InChI is InChI=1S/C20H18N4O4S/c1-27-15-9-10(4-5-13(15)25)18-17-12(21-19-20(22-18)24-28-23-19)7-11(8-14(17)26)16-3-2-6-29-16/h2-6,9,11,18,25H,7-8H2,1H3,(H,21,23)(H,22,24)/t11-,18-/m1/s1. The molecule has 148 valence electrons. The molecule has 8 nitrogen and oxygen atoms in total. The fourth-order valence-electron chi connectivity index (χ4n) is 3.95. The number of allylic oxidation sites excluding steroid dienone is 1. The van der Waals surface area contributed by atoms with Crippen LogP contribution >= 0.6 is 11.3 Å². The average Bonchev–Trinajstić information content (AvgIpc) is 3.37. The van der Waals surface area contributed by atoms with Crippen LogP contribution in [0.4, 0.5) is 11.6 Å². The Morgan fingerprint density at radius 1 is 1.24 bits per heavy atom. The number of nitrogens with zero attached hydrogens (tertiary/aromatic N) is 2. The third-order valence-electron chi connectivity index (χ3n) is 5.32. The largest absolute Gasteiger partial charge is 0.504 e. The highest BCUT2D eigenvalue weighted by atomic mass is 32.1. The molecule has 2 atom stereocenters. The number of carbonyl (C=O) groups is 1. The lowest BCUT2D eigenvalue weighted by molar-refractivity contribution is -0.116. The number of thiophene rings is 1. The molecule has 3 heterocycles. The molecule has 1 aliphatic heterocycles. The number of aromatic nitrogens is 2. The van der Waals surface area contributed by atoms with Gasteiger partial charge in [0.25, 0.3) is 0 Å². The van der Waals surface area contributed by atoms with Crippen molar-refractivity contribution in [2.45, 2.75) is 24.8 Å². The molecule has 1 aromatic carbocycles. The molecule has 0 saturated heterocycles. The Morgan fingerprint density at radius 2 is 2.10 bits per heavy atom. The number of Topliss-reactive ketones (excluding diaryl/α,β-unsaturated/α-hetero) is 1. The fraction of sp³-hybridized carbons (Fsp3) is 0.250. The van der Waals surface area contributed by atoms with Gasteiger partial charge in [0.1, 0.15) is 0 Å². The van der Waals surface area contributed by atoms with Gasteiger partial charge in [0.2, 0.25) is 11.6 Å². The summed E-state index contributed by atoms with van der Waals surface area (Å²) in [5.74, 6) is 1.42. The number of aromatic hydroxyl groups is 1. The topological polar surface area (TPSA) is 110 Å². The number of phenols is 1. The number of hydrogen-bond acceptors (Lipinski definition) is 9.